The summed E-state index contributed by atoms with van der Waals surface area (Å²) in [5, 5.41) is 0.636. The van der Waals surface area contributed by atoms with E-state index in [1.807, 2.05) is 12.1 Å². The maximum absolute atomic E-state index is 12.1. The SMILES string of the molecule is CN(C)C1=C(Sc2ccc(Cl)cc2)C(=O)N(C)C1=O. The normalized spacial score (nSPS) is 15.5. The van der Waals surface area contributed by atoms with E-state index in [1.54, 1.807) is 31.1 Å². The number of amides is 2. The van der Waals surface area contributed by atoms with E-state index < -0.39 is 0 Å². The highest BCUT2D eigenvalue weighted by atomic mass is 35.5. The quantitative estimate of drug-likeness (QED) is 0.802. The summed E-state index contributed by atoms with van der Waals surface area (Å²) in [7, 11) is 4.99. The molecule has 1 aliphatic rings. The highest BCUT2D eigenvalue weighted by molar-refractivity contribution is 8.04. The van der Waals surface area contributed by atoms with E-state index >= 15 is 0 Å². The van der Waals surface area contributed by atoms with Gasteiger partial charge in [-0.15, -0.1) is 0 Å². The van der Waals surface area contributed by atoms with Gasteiger partial charge in [-0.2, -0.15) is 0 Å². The summed E-state index contributed by atoms with van der Waals surface area (Å²) in [6, 6.07) is 7.15. The van der Waals surface area contributed by atoms with Crippen LogP contribution in [0.15, 0.2) is 39.8 Å². The van der Waals surface area contributed by atoms with E-state index in [2.05, 4.69) is 0 Å². The Morgan fingerprint density at radius 2 is 1.68 bits per heavy atom. The standard InChI is InChI=1S/C13H13ClN2O2S/c1-15(2)10-11(13(18)16(3)12(10)17)19-9-6-4-8(14)5-7-9/h4-7H,1-3H3. The van der Waals surface area contributed by atoms with Gasteiger partial charge in [-0.1, -0.05) is 23.4 Å². The molecule has 0 aliphatic carbocycles. The van der Waals surface area contributed by atoms with Crippen molar-refractivity contribution in [3.05, 3.63) is 39.9 Å². The van der Waals surface area contributed by atoms with Gasteiger partial charge in [-0.3, -0.25) is 14.5 Å². The summed E-state index contributed by atoms with van der Waals surface area (Å²) in [4.78, 5) is 28.2. The number of rotatable bonds is 3. The van der Waals surface area contributed by atoms with E-state index in [9.17, 15) is 9.59 Å². The van der Waals surface area contributed by atoms with E-state index in [4.69, 9.17) is 11.6 Å². The zero-order chi connectivity index (χ0) is 14.2. The Balaban J connectivity index is 2.37. The predicted octanol–water partition coefficient (Wildman–Crippen LogP) is 2.20. The average Bonchev–Trinajstić information content (AvgIpc) is 2.57. The molecule has 0 N–H and O–H groups in total. The molecule has 0 radical (unpaired) electrons. The van der Waals surface area contributed by atoms with Crippen LogP contribution in [0.3, 0.4) is 0 Å². The summed E-state index contributed by atoms with van der Waals surface area (Å²) < 4.78 is 0. The maximum atomic E-state index is 12.1. The van der Waals surface area contributed by atoms with Crippen molar-refractivity contribution in [1.82, 2.24) is 9.80 Å². The van der Waals surface area contributed by atoms with Gasteiger partial charge in [0.2, 0.25) is 0 Å². The molecule has 0 aromatic heterocycles. The van der Waals surface area contributed by atoms with Crippen LogP contribution in [0.5, 0.6) is 0 Å². The summed E-state index contributed by atoms with van der Waals surface area (Å²) in [5.74, 6) is -0.542. The number of carbonyl (C=O) groups is 2. The number of halogens is 1. The third-order valence-electron chi connectivity index (χ3n) is 2.70. The van der Waals surface area contributed by atoms with Crippen molar-refractivity contribution in [1.29, 1.82) is 0 Å². The van der Waals surface area contributed by atoms with E-state index in [0.29, 0.717) is 15.6 Å². The smallest absolute Gasteiger partial charge is 0.278 e. The van der Waals surface area contributed by atoms with Gasteiger partial charge in [0, 0.05) is 31.1 Å². The first-order valence-corrected chi connectivity index (χ1v) is 6.78. The zero-order valence-electron chi connectivity index (χ0n) is 10.8. The predicted molar refractivity (Wildman–Crippen MR) is 75.8 cm³/mol. The van der Waals surface area contributed by atoms with Crippen molar-refractivity contribution in [3.8, 4) is 0 Å². The molecule has 0 atom stereocenters. The first kappa shape index (κ1) is 14.0. The number of hydrogen-bond acceptors (Lipinski definition) is 4. The Hall–Kier alpha value is -1.46. The third-order valence-corrected chi connectivity index (χ3v) is 4.03. The second-order valence-electron chi connectivity index (χ2n) is 4.30. The summed E-state index contributed by atoms with van der Waals surface area (Å²) in [5.41, 5.74) is 0.424. The van der Waals surface area contributed by atoms with Gasteiger partial charge >= 0.3 is 0 Å². The molecule has 4 nitrogen and oxygen atoms in total. The molecular weight excluding hydrogens is 284 g/mol. The van der Waals surface area contributed by atoms with Gasteiger partial charge < -0.3 is 4.90 Å². The molecule has 2 amide bonds. The van der Waals surface area contributed by atoms with Gasteiger partial charge in [0.05, 0.1) is 0 Å². The maximum Gasteiger partial charge on any atom is 0.278 e. The Morgan fingerprint density at radius 3 is 2.21 bits per heavy atom. The number of benzene rings is 1. The van der Waals surface area contributed by atoms with Gasteiger partial charge in [0.1, 0.15) is 10.6 Å². The number of thioether (sulfide) groups is 1. The lowest BCUT2D eigenvalue weighted by Crippen LogP contribution is -2.29. The fraction of sp³-hybridized carbons (Fsp3) is 0.231. The molecule has 0 spiro atoms. The summed E-state index contributed by atoms with van der Waals surface area (Å²) in [6.07, 6.45) is 0. The van der Waals surface area contributed by atoms with Crippen LogP contribution >= 0.6 is 23.4 Å². The molecule has 0 fully saturated rings. The zero-order valence-corrected chi connectivity index (χ0v) is 12.4. The van der Waals surface area contributed by atoms with Gasteiger partial charge in [0.15, 0.2) is 0 Å². The minimum absolute atomic E-state index is 0.270. The molecule has 0 bridgehead atoms. The Labute approximate surface area is 121 Å². The van der Waals surface area contributed by atoms with Crippen LogP contribution < -0.4 is 0 Å². The van der Waals surface area contributed by atoms with E-state index in [0.717, 1.165) is 9.80 Å². The molecule has 6 heteroatoms. The van der Waals surface area contributed by atoms with Crippen molar-refractivity contribution < 1.29 is 9.59 Å². The van der Waals surface area contributed by atoms with Gasteiger partial charge in [-0.25, -0.2) is 0 Å². The highest BCUT2D eigenvalue weighted by Crippen LogP contribution is 2.35. The fourth-order valence-electron chi connectivity index (χ4n) is 1.71. The monoisotopic (exact) mass is 296 g/mol. The Kier molecular flexibility index (Phi) is 3.87. The molecule has 1 heterocycles. The largest absolute Gasteiger partial charge is 0.372 e. The van der Waals surface area contributed by atoms with Crippen LogP contribution in [0.2, 0.25) is 5.02 Å². The molecular formula is C13H13ClN2O2S. The van der Waals surface area contributed by atoms with Crippen LogP contribution in [0, 0.1) is 0 Å². The molecule has 19 heavy (non-hydrogen) atoms. The fourth-order valence-corrected chi connectivity index (χ4v) is 2.93. The van der Waals surface area contributed by atoms with E-state index in [1.165, 1.54) is 18.8 Å². The minimum atomic E-state index is -0.272. The topological polar surface area (TPSA) is 40.6 Å². The molecule has 0 saturated carbocycles. The molecule has 0 saturated heterocycles. The molecule has 2 rings (SSSR count). The van der Waals surface area contributed by atoms with Crippen molar-refractivity contribution in [2.45, 2.75) is 4.90 Å². The number of hydrogen-bond donors (Lipinski definition) is 0. The van der Waals surface area contributed by atoms with Crippen LogP contribution in [0.1, 0.15) is 0 Å². The van der Waals surface area contributed by atoms with Gasteiger partial charge in [0.25, 0.3) is 11.8 Å². The summed E-state index contributed by atoms with van der Waals surface area (Å²) >= 11 is 7.10. The number of carbonyl (C=O) groups excluding carboxylic acids is 2. The minimum Gasteiger partial charge on any atom is -0.372 e. The molecule has 1 aliphatic heterocycles. The number of imide groups is 1. The van der Waals surface area contributed by atoms with E-state index in [-0.39, 0.29) is 11.8 Å². The Bertz CT molecular complexity index is 567. The van der Waals surface area contributed by atoms with Crippen LogP contribution in [0.25, 0.3) is 0 Å². The highest BCUT2D eigenvalue weighted by Gasteiger charge is 2.37. The summed E-state index contributed by atoms with van der Waals surface area (Å²) in [6.45, 7) is 0. The first-order valence-electron chi connectivity index (χ1n) is 5.59. The van der Waals surface area contributed by atoms with Gasteiger partial charge in [-0.05, 0) is 24.3 Å². The molecule has 100 valence electrons. The number of nitrogens with zero attached hydrogens (tertiary/aromatic N) is 2. The molecule has 0 unspecified atom stereocenters. The molecule has 1 aromatic carbocycles. The van der Waals surface area contributed by atoms with Crippen LogP contribution in [-0.4, -0.2) is 42.8 Å². The first-order chi connectivity index (χ1) is 8.91. The van der Waals surface area contributed by atoms with Crippen molar-refractivity contribution in [2.75, 3.05) is 21.1 Å². The van der Waals surface area contributed by atoms with Crippen LogP contribution in [0.4, 0.5) is 0 Å². The van der Waals surface area contributed by atoms with Crippen molar-refractivity contribution in [3.63, 3.8) is 0 Å². The second kappa shape index (κ2) is 5.27. The average molecular weight is 297 g/mol. The molecule has 1 aromatic rings. The van der Waals surface area contributed by atoms with Crippen molar-refractivity contribution >= 4 is 35.2 Å². The van der Waals surface area contributed by atoms with Crippen molar-refractivity contribution in [2.24, 2.45) is 0 Å². The number of likely N-dealkylation sites (N-methyl/N-ethyl adjacent to an activating group) is 2. The lowest BCUT2D eigenvalue weighted by Gasteiger charge is -2.13. The lowest BCUT2D eigenvalue weighted by atomic mass is 10.4. The third kappa shape index (κ3) is 2.62. The Morgan fingerprint density at radius 1 is 1.11 bits per heavy atom. The second-order valence-corrected chi connectivity index (χ2v) is 5.82. The lowest BCUT2D eigenvalue weighted by molar-refractivity contribution is -0.136. The van der Waals surface area contributed by atoms with Crippen LogP contribution in [-0.2, 0) is 9.59 Å².